The molecular weight excluding hydrogens is 204 g/mol. The minimum absolute atomic E-state index is 0.358. The summed E-state index contributed by atoms with van der Waals surface area (Å²) in [6.45, 7) is 11.5. The first-order valence-electron chi connectivity index (χ1n) is 5.50. The van der Waals surface area contributed by atoms with Gasteiger partial charge in [-0.25, -0.2) is 4.79 Å². The largest absolute Gasteiger partial charge is 0.442 e. The molecule has 0 unspecified atom stereocenters. The number of ether oxygens (including phenoxy) is 1. The van der Waals surface area contributed by atoms with E-state index in [4.69, 9.17) is 4.74 Å². The molecular formula is C12H20N2O2. The number of rotatable bonds is 1. The fraction of sp³-hybridized carbons (Fsp3) is 0.667. The van der Waals surface area contributed by atoms with E-state index < -0.39 is 11.7 Å². The third-order valence-electron chi connectivity index (χ3n) is 2.24. The van der Waals surface area contributed by atoms with Crippen LogP contribution in [0.25, 0.3) is 0 Å². The van der Waals surface area contributed by atoms with Crippen LogP contribution in [0.4, 0.5) is 4.79 Å². The zero-order valence-corrected chi connectivity index (χ0v) is 10.9. The van der Waals surface area contributed by atoms with Crippen LogP contribution in [-0.4, -0.2) is 21.5 Å². The van der Waals surface area contributed by atoms with Gasteiger partial charge in [0.15, 0.2) is 0 Å². The van der Waals surface area contributed by atoms with Gasteiger partial charge >= 0.3 is 6.09 Å². The van der Waals surface area contributed by atoms with Crippen LogP contribution in [0, 0.1) is 6.92 Å². The Morgan fingerprint density at radius 3 is 2.38 bits per heavy atom. The fourth-order valence-corrected chi connectivity index (χ4v) is 1.48. The van der Waals surface area contributed by atoms with Crippen molar-refractivity contribution in [2.24, 2.45) is 0 Å². The quantitative estimate of drug-likeness (QED) is 0.736. The lowest BCUT2D eigenvalue weighted by atomic mass is 10.1. The maximum Gasteiger partial charge on any atom is 0.435 e. The van der Waals surface area contributed by atoms with Gasteiger partial charge in [0.1, 0.15) is 5.60 Å². The second-order valence-corrected chi connectivity index (χ2v) is 5.23. The first-order chi connectivity index (χ1) is 7.22. The molecule has 0 N–H and O–H groups in total. The topological polar surface area (TPSA) is 44.1 Å². The van der Waals surface area contributed by atoms with E-state index in [0.29, 0.717) is 5.92 Å². The number of hydrogen-bond donors (Lipinski definition) is 0. The van der Waals surface area contributed by atoms with Crippen LogP contribution in [0.15, 0.2) is 6.20 Å². The highest BCUT2D eigenvalue weighted by molar-refractivity contribution is 5.71. The third-order valence-corrected chi connectivity index (χ3v) is 2.24. The molecule has 90 valence electrons. The first-order valence-corrected chi connectivity index (χ1v) is 5.50. The summed E-state index contributed by atoms with van der Waals surface area (Å²) in [6, 6.07) is 0. The van der Waals surface area contributed by atoms with Crippen molar-refractivity contribution >= 4 is 6.09 Å². The van der Waals surface area contributed by atoms with E-state index in [0.717, 1.165) is 11.3 Å². The van der Waals surface area contributed by atoms with Crippen molar-refractivity contribution in [2.45, 2.75) is 53.1 Å². The third kappa shape index (κ3) is 2.84. The number of hydrogen-bond acceptors (Lipinski definition) is 3. The van der Waals surface area contributed by atoms with Crippen molar-refractivity contribution in [2.75, 3.05) is 0 Å². The molecule has 1 aromatic rings. The summed E-state index contributed by atoms with van der Waals surface area (Å²) in [6.07, 6.45) is 1.31. The second kappa shape index (κ2) is 4.28. The van der Waals surface area contributed by atoms with Crippen LogP contribution in [0.2, 0.25) is 0 Å². The van der Waals surface area contributed by atoms with Gasteiger partial charge < -0.3 is 4.74 Å². The highest BCUT2D eigenvalue weighted by atomic mass is 16.6. The van der Waals surface area contributed by atoms with Gasteiger partial charge in [0.2, 0.25) is 0 Å². The monoisotopic (exact) mass is 224 g/mol. The van der Waals surface area contributed by atoms with Crippen molar-refractivity contribution in [1.29, 1.82) is 0 Å². The number of nitrogens with zero attached hydrogens (tertiary/aromatic N) is 2. The number of carbonyl (C=O) groups is 1. The zero-order valence-electron chi connectivity index (χ0n) is 10.9. The predicted molar refractivity (Wildman–Crippen MR) is 62.7 cm³/mol. The molecule has 0 aliphatic rings. The van der Waals surface area contributed by atoms with Gasteiger partial charge in [-0.1, -0.05) is 13.8 Å². The molecule has 0 saturated carbocycles. The van der Waals surface area contributed by atoms with E-state index in [1.807, 2.05) is 27.7 Å². The van der Waals surface area contributed by atoms with Gasteiger partial charge in [-0.2, -0.15) is 9.78 Å². The van der Waals surface area contributed by atoms with Crippen molar-refractivity contribution in [3.05, 3.63) is 17.5 Å². The number of aromatic nitrogens is 2. The smallest absolute Gasteiger partial charge is 0.435 e. The molecule has 0 radical (unpaired) electrons. The summed E-state index contributed by atoms with van der Waals surface area (Å²) in [5, 5.41) is 4.06. The second-order valence-electron chi connectivity index (χ2n) is 5.23. The van der Waals surface area contributed by atoms with Crippen LogP contribution in [0.5, 0.6) is 0 Å². The van der Waals surface area contributed by atoms with Gasteiger partial charge in [0.05, 0.1) is 11.9 Å². The highest BCUT2D eigenvalue weighted by Crippen LogP contribution is 2.19. The molecule has 4 heteroatoms. The molecule has 1 heterocycles. The summed E-state index contributed by atoms with van der Waals surface area (Å²) in [7, 11) is 0. The van der Waals surface area contributed by atoms with E-state index >= 15 is 0 Å². The van der Waals surface area contributed by atoms with Gasteiger partial charge in [-0.05, 0) is 39.2 Å². The fourth-order valence-electron chi connectivity index (χ4n) is 1.48. The van der Waals surface area contributed by atoms with Crippen LogP contribution in [0.3, 0.4) is 0 Å². The highest BCUT2D eigenvalue weighted by Gasteiger charge is 2.21. The van der Waals surface area contributed by atoms with E-state index in [1.165, 1.54) is 4.68 Å². The van der Waals surface area contributed by atoms with Crippen molar-refractivity contribution in [3.63, 3.8) is 0 Å². The van der Waals surface area contributed by atoms with Crippen LogP contribution >= 0.6 is 0 Å². The van der Waals surface area contributed by atoms with Crippen molar-refractivity contribution < 1.29 is 9.53 Å². The Bertz CT molecular complexity index is 386. The molecule has 16 heavy (non-hydrogen) atoms. The van der Waals surface area contributed by atoms with E-state index in [9.17, 15) is 4.79 Å². The summed E-state index contributed by atoms with van der Waals surface area (Å²) in [4.78, 5) is 11.8. The van der Waals surface area contributed by atoms with Crippen molar-refractivity contribution in [3.8, 4) is 0 Å². The zero-order chi connectivity index (χ0) is 12.5. The van der Waals surface area contributed by atoms with Crippen LogP contribution in [0.1, 0.15) is 51.8 Å². The minimum atomic E-state index is -0.493. The molecule has 0 aliphatic carbocycles. The molecule has 1 rings (SSSR count). The Morgan fingerprint density at radius 2 is 2.00 bits per heavy atom. The Kier molecular flexibility index (Phi) is 3.41. The Balaban J connectivity index is 2.94. The predicted octanol–water partition coefficient (Wildman–Crippen LogP) is 3.10. The molecule has 0 aromatic carbocycles. The average Bonchev–Trinajstić information content (AvgIpc) is 2.43. The molecule has 4 nitrogen and oxygen atoms in total. The maximum atomic E-state index is 11.8. The lowest BCUT2D eigenvalue weighted by Crippen LogP contribution is -2.28. The molecule has 1 aromatic heterocycles. The molecule has 0 spiro atoms. The lowest BCUT2D eigenvalue weighted by molar-refractivity contribution is 0.0511. The van der Waals surface area contributed by atoms with Crippen LogP contribution in [-0.2, 0) is 4.74 Å². The van der Waals surface area contributed by atoms with Gasteiger partial charge in [0, 0.05) is 0 Å². The first kappa shape index (κ1) is 12.7. The van der Waals surface area contributed by atoms with E-state index in [-0.39, 0.29) is 0 Å². The lowest BCUT2D eigenvalue weighted by Gasteiger charge is -2.19. The SMILES string of the molecule is Cc1c(C(C)C)cnn1C(=O)OC(C)(C)C. The Hall–Kier alpha value is -1.32. The maximum absolute atomic E-state index is 11.8. The van der Waals surface area contributed by atoms with E-state index in [1.54, 1.807) is 6.20 Å². The summed E-state index contributed by atoms with van der Waals surface area (Å²) in [5.74, 6) is 0.358. The molecule has 0 bridgehead atoms. The minimum Gasteiger partial charge on any atom is -0.442 e. The van der Waals surface area contributed by atoms with Gasteiger partial charge in [-0.3, -0.25) is 0 Å². The van der Waals surface area contributed by atoms with E-state index in [2.05, 4.69) is 18.9 Å². The van der Waals surface area contributed by atoms with Gasteiger partial charge in [-0.15, -0.1) is 0 Å². The molecule has 0 saturated heterocycles. The summed E-state index contributed by atoms with van der Waals surface area (Å²) < 4.78 is 6.58. The van der Waals surface area contributed by atoms with Crippen LogP contribution < -0.4 is 0 Å². The van der Waals surface area contributed by atoms with Gasteiger partial charge in [0.25, 0.3) is 0 Å². The number of carbonyl (C=O) groups excluding carboxylic acids is 1. The molecule has 0 aliphatic heterocycles. The Labute approximate surface area is 96.6 Å². The summed E-state index contributed by atoms with van der Waals surface area (Å²) in [5.41, 5.74) is 1.43. The Morgan fingerprint density at radius 1 is 1.44 bits per heavy atom. The molecule has 0 amide bonds. The molecule has 0 atom stereocenters. The average molecular weight is 224 g/mol. The normalized spacial score (nSPS) is 11.9. The molecule has 0 fully saturated rings. The van der Waals surface area contributed by atoms with Crippen molar-refractivity contribution in [1.82, 2.24) is 9.78 Å². The standard InChI is InChI=1S/C12H20N2O2/c1-8(2)10-7-13-14(9(10)3)11(15)16-12(4,5)6/h7-8H,1-6H3. The summed E-state index contributed by atoms with van der Waals surface area (Å²) >= 11 is 0.